The Morgan fingerprint density at radius 2 is 2.33 bits per heavy atom. The molecule has 112 valence electrons. The van der Waals surface area contributed by atoms with Crippen LogP contribution in [0.5, 0.6) is 0 Å². The van der Waals surface area contributed by atoms with Gasteiger partial charge < -0.3 is 10.2 Å². The molecule has 2 saturated heterocycles. The largest absolute Gasteiger partial charge is 0.335 e. The standard InChI is InChI=1S/C14H21N7/c1-10(21-7-3-5-16-21)13-17-14(19-18-13)20-6-2-4-11-8-15-9-12(11)20/h3,5,7,10-12,15H,2,4,6,8-9H2,1H3,(H,17,18,19). The Labute approximate surface area is 123 Å². The predicted molar refractivity (Wildman–Crippen MR) is 79.2 cm³/mol. The smallest absolute Gasteiger partial charge is 0.245 e. The number of aromatic nitrogens is 5. The highest BCUT2D eigenvalue weighted by molar-refractivity contribution is 5.33. The van der Waals surface area contributed by atoms with Gasteiger partial charge in [-0.15, -0.1) is 5.10 Å². The van der Waals surface area contributed by atoms with Crippen LogP contribution in [0.3, 0.4) is 0 Å². The first-order valence-corrected chi connectivity index (χ1v) is 7.71. The van der Waals surface area contributed by atoms with Gasteiger partial charge in [-0.2, -0.15) is 10.1 Å². The molecule has 3 atom stereocenters. The number of hydrogen-bond acceptors (Lipinski definition) is 5. The number of aromatic amines is 1. The lowest BCUT2D eigenvalue weighted by Crippen LogP contribution is -2.45. The van der Waals surface area contributed by atoms with Crippen LogP contribution in [-0.4, -0.2) is 50.6 Å². The molecule has 2 aliphatic rings. The van der Waals surface area contributed by atoms with E-state index in [1.54, 1.807) is 6.20 Å². The van der Waals surface area contributed by atoms with Crippen molar-refractivity contribution >= 4 is 5.95 Å². The topological polar surface area (TPSA) is 74.7 Å². The highest BCUT2D eigenvalue weighted by Gasteiger charge is 2.36. The second-order valence-electron chi connectivity index (χ2n) is 6.00. The molecule has 4 rings (SSSR count). The van der Waals surface area contributed by atoms with E-state index in [0.717, 1.165) is 37.3 Å². The monoisotopic (exact) mass is 287 g/mol. The molecule has 7 heteroatoms. The number of fused-ring (bicyclic) bond motifs is 1. The first-order valence-electron chi connectivity index (χ1n) is 7.71. The third kappa shape index (κ3) is 2.21. The Morgan fingerprint density at radius 1 is 1.38 bits per heavy atom. The van der Waals surface area contributed by atoms with Gasteiger partial charge in [-0.25, -0.2) is 0 Å². The fourth-order valence-corrected chi connectivity index (χ4v) is 3.53. The van der Waals surface area contributed by atoms with Gasteiger partial charge in [0.05, 0.1) is 0 Å². The zero-order valence-corrected chi connectivity index (χ0v) is 12.2. The van der Waals surface area contributed by atoms with Crippen molar-refractivity contribution in [3.05, 3.63) is 24.3 Å². The molecule has 2 fully saturated rings. The molecule has 0 amide bonds. The van der Waals surface area contributed by atoms with Gasteiger partial charge in [0.15, 0.2) is 5.82 Å². The Morgan fingerprint density at radius 3 is 3.19 bits per heavy atom. The third-order valence-electron chi connectivity index (χ3n) is 4.74. The minimum atomic E-state index is 0.0727. The molecule has 0 radical (unpaired) electrons. The maximum Gasteiger partial charge on any atom is 0.245 e. The summed E-state index contributed by atoms with van der Waals surface area (Å²) in [5.41, 5.74) is 0. The summed E-state index contributed by atoms with van der Waals surface area (Å²) in [6.07, 6.45) is 6.27. The van der Waals surface area contributed by atoms with Crippen molar-refractivity contribution in [2.75, 3.05) is 24.5 Å². The van der Waals surface area contributed by atoms with Gasteiger partial charge >= 0.3 is 0 Å². The van der Waals surface area contributed by atoms with E-state index in [1.165, 1.54) is 12.8 Å². The first kappa shape index (κ1) is 12.8. The molecule has 2 aliphatic heterocycles. The first-order chi connectivity index (χ1) is 10.3. The molecule has 21 heavy (non-hydrogen) atoms. The van der Waals surface area contributed by atoms with Gasteiger partial charge in [-0.05, 0) is 31.7 Å². The number of rotatable bonds is 3. The molecular weight excluding hydrogens is 266 g/mol. The molecule has 7 nitrogen and oxygen atoms in total. The molecule has 2 N–H and O–H groups in total. The third-order valence-corrected chi connectivity index (χ3v) is 4.74. The van der Waals surface area contributed by atoms with E-state index < -0.39 is 0 Å². The summed E-state index contributed by atoms with van der Waals surface area (Å²) in [5.74, 6) is 2.44. The summed E-state index contributed by atoms with van der Waals surface area (Å²) >= 11 is 0. The number of anilines is 1. The molecule has 0 aliphatic carbocycles. The van der Waals surface area contributed by atoms with Crippen molar-refractivity contribution in [3.8, 4) is 0 Å². The van der Waals surface area contributed by atoms with Gasteiger partial charge in [0, 0.05) is 38.1 Å². The van der Waals surface area contributed by atoms with Gasteiger partial charge in [0.25, 0.3) is 0 Å². The van der Waals surface area contributed by atoms with E-state index >= 15 is 0 Å². The minimum Gasteiger partial charge on any atom is -0.335 e. The van der Waals surface area contributed by atoms with Gasteiger partial charge in [-0.1, -0.05) is 0 Å². The molecule has 0 saturated carbocycles. The Balaban J connectivity index is 1.56. The minimum absolute atomic E-state index is 0.0727. The highest BCUT2D eigenvalue weighted by atomic mass is 15.4. The Hall–Kier alpha value is -1.89. The summed E-state index contributed by atoms with van der Waals surface area (Å²) in [4.78, 5) is 7.09. The maximum atomic E-state index is 4.72. The molecule has 0 aromatic carbocycles. The maximum absolute atomic E-state index is 4.72. The van der Waals surface area contributed by atoms with Crippen LogP contribution in [-0.2, 0) is 0 Å². The fourth-order valence-electron chi connectivity index (χ4n) is 3.53. The summed E-state index contributed by atoms with van der Waals surface area (Å²) in [6, 6.07) is 2.54. The normalized spacial score (nSPS) is 26.8. The number of piperidine rings is 1. The Kier molecular flexibility index (Phi) is 3.14. The number of H-pyrrole nitrogens is 1. The van der Waals surface area contributed by atoms with Crippen LogP contribution >= 0.6 is 0 Å². The van der Waals surface area contributed by atoms with Crippen LogP contribution in [0.4, 0.5) is 5.95 Å². The number of nitrogens with zero attached hydrogens (tertiary/aromatic N) is 5. The van der Waals surface area contributed by atoms with Crippen molar-refractivity contribution in [2.24, 2.45) is 5.92 Å². The van der Waals surface area contributed by atoms with Crippen LogP contribution in [0.2, 0.25) is 0 Å². The van der Waals surface area contributed by atoms with Crippen molar-refractivity contribution in [1.29, 1.82) is 0 Å². The molecular formula is C14H21N7. The van der Waals surface area contributed by atoms with Gasteiger partial charge in [-0.3, -0.25) is 9.78 Å². The van der Waals surface area contributed by atoms with Gasteiger partial charge in [0.2, 0.25) is 5.95 Å². The lowest BCUT2D eigenvalue weighted by Gasteiger charge is -2.36. The lowest BCUT2D eigenvalue weighted by molar-refractivity contribution is 0.381. The molecule has 0 bridgehead atoms. The zero-order valence-electron chi connectivity index (χ0n) is 12.2. The average molecular weight is 287 g/mol. The fraction of sp³-hybridized carbons (Fsp3) is 0.643. The van der Waals surface area contributed by atoms with E-state index in [1.807, 2.05) is 16.9 Å². The van der Waals surface area contributed by atoms with E-state index in [9.17, 15) is 0 Å². The number of hydrogen-bond donors (Lipinski definition) is 2. The quantitative estimate of drug-likeness (QED) is 0.873. The zero-order chi connectivity index (χ0) is 14.2. The van der Waals surface area contributed by atoms with Crippen molar-refractivity contribution in [1.82, 2.24) is 30.3 Å². The highest BCUT2D eigenvalue weighted by Crippen LogP contribution is 2.29. The SMILES string of the molecule is CC(c1nc(N2CCCC3CNCC32)n[nH]1)n1cccn1. The van der Waals surface area contributed by atoms with Crippen LogP contribution in [0, 0.1) is 5.92 Å². The van der Waals surface area contributed by atoms with E-state index in [4.69, 9.17) is 4.98 Å². The second-order valence-corrected chi connectivity index (χ2v) is 6.00. The summed E-state index contributed by atoms with van der Waals surface area (Å²) in [7, 11) is 0. The summed E-state index contributed by atoms with van der Waals surface area (Å²) < 4.78 is 1.89. The molecule has 2 aromatic heterocycles. The van der Waals surface area contributed by atoms with Crippen LogP contribution in [0.25, 0.3) is 0 Å². The number of nitrogens with one attached hydrogen (secondary N) is 2. The van der Waals surface area contributed by atoms with E-state index in [-0.39, 0.29) is 6.04 Å². The average Bonchev–Trinajstić information content (AvgIpc) is 3.25. The van der Waals surface area contributed by atoms with Crippen molar-refractivity contribution < 1.29 is 0 Å². The van der Waals surface area contributed by atoms with Crippen LogP contribution in [0.15, 0.2) is 18.5 Å². The van der Waals surface area contributed by atoms with Crippen LogP contribution < -0.4 is 10.2 Å². The Bertz CT molecular complexity index is 590. The molecule has 0 spiro atoms. The van der Waals surface area contributed by atoms with Crippen molar-refractivity contribution in [3.63, 3.8) is 0 Å². The van der Waals surface area contributed by atoms with Gasteiger partial charge in [0.1, 0.15) is 6.04 Å². The van der Waals surface area contributed by atoms with Crippen LogP contribution in [0.1, 0.15) is 31.6 Å². The molecule has 4 heterocycles. The van der Waals surface area contributed by atoms with Crippen molar-refractivity contribution in [2.45, 2.75) is 31.8 Å². The molecule has 2 aromatic rings. The molecule has 3 unspecified atom stereocenters. The van der Waals surface area contributed by atoms with E-state index in [2.05, 4.69) is 32.4 Å². The predicted octanol–water partition coefficient (Wildman–Crippen LogP) is 0.799. The second kappa shape index (κ2) is 5.14. The lowest BCUT2D eigenvalue weighted by atomic mass is 9.92. The summed E-state index contributed by atoms with van der Waals surface area (Å²) in [5, 5.41) is 15.3. The summed E-state index contributed by atoms with van der Waals surface area (Å²) in [6.45, 7) is 5.30. The van der Waals surface area contributed by atoms with E-state index in [0.29, 0.717) is 6.04 Å².